The second kappa shape index (κ2) is 9.01. The number of hydrogen-bond donors (Lipinski definition) is 1. The third-order valence-electron chi connectivity index (χ3n) is 3.71. The van der Waals surface area contributed by atoms with Crippen molar-refractivity contribution in [3.05, 3.63) is 42.5 Å². The summed E-state index contributed by atoms with van der Waals surface area (Å²) in [4.78, 5) is 13.4. The van der Waals surface area contributed by atoms with Crippen molar-refractivity contribution in [3.63, 3.8) is 0 Å². The zero-order chi connectivity index (χ0) is 20.0. The minimum Gasteiger partial charge on any atom is -0.497 e. The topological polar surface area (TPSA) is 84.9 Å². The summed E-state index contributed by atoms with van der Waals surface area (Å²) in [5, 5.41) is 2.68. The third kappa shape index (κ3) is 5.54. The van der Waals surface area contributed by atoms with E-state index in [1.54, 1.807) is 36.4 Å². The number of carbonyl (C=O) groups excluding carboxylic acids is 1. The molecule has 0 unspecified atom stereocenters. The molecular weight excluding hydrogens is 388 g/mol. The number of hydrogen-bond acceptors (Lipinski definition) is 6. The van der Waals surface area contributed by atoms with Crippen molar-refractivity contribution in [2.24, 2.45) is 0 Å². The van der Waals surface area contributed by atoms with Crippen molar-refractivity contribution in [2.45, 2.75) is 4.90 Å². The maximum atomic E-state index is 12.5. The molecule has 2 rings (SSSR count). The van der Waals surface area contributed by atoms with E-state index in [9.17, 15) is 13.2 Å². The number of amides is 1. The van der Waals surface area contributed by atoms with Crippen molar-refractivity contribution in [1.29, 1.82) is 0 Å². The molecule has 2 aromatic carbocycles. The van der Waals surface area contributed by atoms with Gasteiger partial charge >= 0.3 is 0 Å². The van der Waals surface area contributed by atoms with E-state index in [1.807, 2.05) is 12.3 Å². The second-order valence-corrected chi connectivity index (χ2v) is 8.37. The monoisotopic (exact) mass is 410 g/mol. The van der Waals surface area contributed by atoms with Crippen LogP contribution in [0.25, 0.3) is 0 Å². The average molecular weight is 411 g/mol. The molecule has 0 aliphatic carbocycles. The largest absolute Gasteiger partial charge is 0.497 e. The lowest BCUT2D eigenvalue weighted by Crippen LogP contribution is -2.37. The van der Waals surface area contributed by atoms with Crippen molar-refractivity contribution in [2.75, 3.05) is 42.9 Å². The van der Waals surface area contributed by atoms with Crippen LogP contribution >= 0.6 is 11.8 Å². The number of nitrogens with zero attached hydrogens (tertiary/aromatic N) is 1. The first-order valence-electron chi connectivity index (χ1n) is 7.92. The Morgan fingerprint density at radius 1 is 1.15 bits per heavy atom. The maximum absolute atomic E-state index is 12.5. The van der Waals surface area contributed by atoms with Gasteiger partial charge in [-0.15, -0.1) is 11.8 Å². The van der Waals surface area contributed by atoms with E-state index in [0.717, 1.165) is 15.5 Å². The van der Waals surface area contributed by atoms with Gasteiger partial charge in [0.2, 0.25) is 15.9 Å². The number of sulfonamides is 1. The number of methoxy groups -OCH3 is 2. The zero-order valence-corrected chi connectivity index (χ0v) is 17.2. The van der Waals surface area contributed by atoms with Crippen molar-refractivity contribution in [1.82, 2.24) is 0 Å². The summed E-state index contributed by atoms with van der Waals surface area (Å²) in [6.45, 7) is -0.364. The molecule has 2 aromatic rings. The Balaban J connectivity index is 2.27. The van der Waals surface area contributed by atoms with Gasteiger partial charge in [0, 0.05) is 11.0 Å². The molecule has 0 aliphatic rings. The van der Waals surface area contributed by atoms with Crippen molar-refractivity contribution < 1.29 is 22.7 Å². The van der Waals surface area contributed by atoms with E-state index in [2.05, 4.69) is 5.32 Å². The Labute approximate surface area is 163 Å². The summed E-state index contributed by atoms with van der Waals surface area (Å²) in [5.74, 6) is 0.486. The average Bonchev–Trinajstić information content (AvgIpc) is 2.65. The van der Waals surface area contributed by atoms with E-state index < -0.39 is 15.9 Å². The predicted octanol–water partition coefficient (Wildman–Crippen LogP) is 2.83. The fourth-order valence-corrected chi connectivity index (χ4v) is 3.70. The van der Waals surface area contributed by atoms with Crippen LogP contribution in [0.5, 0.6) is 11.5 Å². The van der Waals surface area contributed by atoms with Gasteiger partial charge in [-0.3, -0.25) is 9.10 Å². The van der Waals surface area contributed by atoms with Crippen LogP contribution in [-0.4, -0.2) is 47.6 Å². The van der Waals surface area contributed by atoms with E-state index in [0.29, 0.717) is 22.9 Å². The van der Waals surface area contributed by atoms with Crippen LogP contribution in [0, 0.1) is 0 Å². The standard InChI is InChI=1S/C18H22N2O5S2/c1-24-14-8-9-17(25-2)16(11-14)19-18(21)12-20(27(4,22)23)13-6-5-7-15(10-13)26-3/h5-11H,12H2,1-4H3,(H,19,21). The van der Waals surface area contributed by atoms with Gasteiger partial charge in [0.1, 0.15) is 18.0 Å². The molecule has 1 amide bonds. The van der Waals surface area contributed by atoms with Crippen LogP contribution in [0.15, 0.2) is 47.4 Å². The predicted molar refractivity (Wildman–Crippen MR) is 109 cm³/mol. The van der Waals surface area contributed by atoms with E-state index in [-0.39, 0.29) is 6.54 Å². The van der Waals surface area contributed by atoms with E-state index in [1.165, 1.54) is 26.0 Å². The number of thioether (sulfide) groups is 1. The molecule has 146 valence electrons. The quantitative estimate of drug-likeness (QED) is 0.674. The van der Waals surface area contributed by atoms with Gasteiger partial charge in [-0.1, -0.05) is 6.07 Å². The molecule has 0 atom stereocenters. The van der Waals surface area contributed by atoms with Crippen molar-refractivity contribution in [3.8, 4) is 11.5 Å². The lowest BCUT2D eigenvalue weighted by Gasteiger charge is -2.22. The number of benzene rings is 2. The summed E-state index contributed by atoms with van der Waals surface area (Å²) < 4.78 is 35.9. The summed E-state index contributed by atoms with van der Waals surface area (Å²) in [5.41, 5.74) is 0.824. The summed E-state index contributed by atoms with van der Waals surface area (Å²) in [6.07, 6.45) is 2.96. The highest BCUT2D eigenvalue weighted by Gasteiger charge is 2.22. The highest BCUT2D eigenvalue weighted by molar-refractivity contribution is 7.98. The van der Waals surface area contributed by atoms with Gasteiger partial charge in [-0.2, -0.15) is 0 Å². The van der Waals surface area contributed by atoms with Gasteiger partial charge in [0.15, 0.2) is 0 Å². The van der Waals surface area contributed by atoms with Crippen LogP contribution in [-0.2, 0) is 14.8 Å². The molecule has 0 spiro atoms. The van der Waals surface area contributed by atoms with Crippen LogP contribution in [0.4, 0.5) is 11.4 Å². The first kappa shape index (κ1) is 20.9. The molecule has 0 aliphatic heterocycles. The van der Waals surface area contributed by atoms with Crippen molar-refractivity contribution >= 4 is 39.1 Å². The highest BCUT2D eigenvalue weighted by Crippen LogP contribution is 2.29. The second-order valence-electron chi connectivity index (χ2n) is 5.59. The molecular formula is C18H22N2O5S2. The molecule has 0 heterocycles. The molecule has 0 aromatic heterocycles. The number of anilines is 2. The molecule has 0 bridgehead atoms. The third-order valence-corrected chi connectivity index (χ3v) is 5.58. The smallest absolute Gasteiger partial charge is 0.245 e. The van der Waals surface area contributed by atoms with Gasteiger partial charge in [0.05, 0.1) is 31.9 Å². The lowest BCUT2D eigenvalue weighted by molar-refractivity contribution is -0.114. The first-order valence-corrected chi connectivity index (χ1v) is 11.0. The summed E-state index contributed by atoms with van der Waals surface area (Å²) >= 11 is 1.49. The van der Waals surface area contributed by atoms with E-state index >= 15 is 0 Å². The van der Waals surface area contributed by atoms with Crippen LogP contribution in [0.2, 0.25) is 0 Å². The van der Waals surface area contributed by atoms with Crippen LogP contribution in [0.3, 0.4) is 0 Å². The minimum absolute atomic E-state index is 0.364. The van der Waals surface area contributed by atoms with Gasteiger partial charge in [-0.25, -0.2) is 8.42 Å². The number of ether oxygens (including phenoxy) is 2. The van der Waals surface area contributed by atoms with Gasteiger partial charge < -0.3 is 14.8 Å². The molecule has 1 N–H and O–H groups in total. The molecule has 7 nitrogen and oxygen atoms in total. The van der Waals surface area contributed by atoms with Crippen LogP contribution in [0.1, 0.15) is 0 Å². The summed E-state index contributed by atoms with van der Waals surface area (Å²) in [6, 6.07) is 12.0. The fraction of sp³-hybridized carbons (Fsp3) is 0.278. The fourth-order valence-electron chi connectivity index (χ4n) is 2.40. The van der Waals surface area contributed by atoms with Crippen LogP contribution < -0.4 is 19.1 Å². The molecule has 9 heteroatoms. The molecule has 0 saturated carbocycles. The Morgan fingerprint density at radius 2 is 1.89 bits per heavy atom. The highest BCUT2D eigenvalue weighted by atomic mass is 32.2. The number of rotatable bonds is 8. The molecule has 0 radical (unpaired) electrons. The lowest BCUT2D eigenvalue weighted by atomic mass is 10.2. The SMILES string of the molecule is COc1ccc(OC)c(NC(=O)CN(c2cccc(SC)c2)S(C)(=O)=O)c1. The van der Waals surface area contributed by atoms with E-state index in [4.69, 9.17) is 9.47 Å². The molecule has 0 saturated heterocycles. The minimum atomic E-state index is -3.65. The molecule has 27 heavy (non-hydrogen) atoms. The molecule has 0 fully saturated rings. The Bertz CT molecular complexity index is 916. The Kier molecular flexibility index (Phi) is 6.98. The number of carbonyl (C=O) groups is 1. The van der Waals surface area contributed by atoms with Gasteiger partial charge in [-0.05, 0) is 36.6 Å². The Hall–Kier alpha value is -2.39. The Morgan fingerprint density at radius 3 is 2.48 bits per heavy atom. The normalized spacial score (nSPS) is 11.0. The maximum Gasteiger partial charge on any atom is 0.245 e. The summed E-state index contributed by atoms with van der Waals surface area (Å²) in [7, 11) is -0.660. The van der Waals surface area contributed by atoms with Gasteiger partial charge in [0.25, 0.3) is 0 Å². The zero-order valence-electron chi connectivity index (χ0n) is 15.6. The number of nitrogens with one attached hydrogen (secondary N) is 1. The first-order chi connectivity index (χ1) is 12.8.